The van der Waals surface area contributed by atoms with Gasteiger partial charge in [-0.3, -0.25) is 9.59 Å². The van der Waals surface area contributed by atoms with Crippen LogP contribution in [-0.2, 0) is 9.59 Å². The third kappa shape index (κ3) is 8.62. The molecule has 0 bridgehead atoms. The molecular formula is C15H30N2O2. The molecule has 0 saturated carbocycles. The average molecular weight is 270 g/mol. The second-order valence-electron chi connectivity index (χ2n) is 6.20. The zero-order chi connectivity index (χ0) is 15.0. The summed E-state index contributed by atoms with van der Waals surface area (Å²) in [7, 11) is 3.50. The Bertz CT molecular complexity index is 288. The molecule has 0 N–H and O–H groups in total. The van der Waals surface area contributed by atoms with Crippen LogP contribution >= 0.6 is 0 Å². The van der Waals surface area contributed by atoms with E-state index in [2.05, 4.69) is 27.7 Å². The second-order valence-corrected chi connectivity index (χ2v) is 6.20. The number of hydrogen-bond acceptors (Lipinski definition) is 2. The molecule has 0 heterocycles. The van der Waals surface area contributed by atoms with E-state index >= 15 is 0 Å². The number of rotatable bonds is 8. The highest BCUT2D eigenvalue weighted by Crippen LogP contribution is 2.07. The van der Waals surface area contributed by atoms with Crippen LogP contribution in [0.1, 0.15) is 47.0 Å². The first-order chi connectivity index (χ1) is 8.73. The Hall–Kier alpha value is -1.06. The van der Waals surface area contributed by atoms with Crippen molar-refractivity contribution in [3.05, 3.63) is 0 Å². The van der Waals surface area contributed by atoms with Gasteiger partial charge in [0, 0.05) is 27.1 Å². The summed E-state index contributed by atoms with van der Waals surface area (Å²) in [5.74, 6) is 1.14. The van der Waals surface area contributed by atoms with E-state index in [-0.39, 0.29) is 18.4 Å². The molecule has 0 unspecified atom stereocenters. The van der Waals surface area contributed by atoms with Gasteiger partial charge in [-0.25, -0.2) is 0 Å². The topological polar surface area (TPSA) is 40.6 Å². The van der Waals surface area contributed by atoms with Gasteiger partial charge in [-0.15, -0.1) is 0 Å². The van der Waals surface area contributed by atoms with Crippen molar-refractivity contribution in [2.75, 3.05) is 27.2 Å². The van der Waals surface area contributed by atoms with Crippen molar-refractivity contribution < 1.29 is 9.59 Å². The number of amides is 2. The molecule has 0 aliphatic rings. The Morgan fingerprint density at radius 2 is 1.47 bits per heavy atom. The lowest BCUT2D eigenvalue weighted by atomic mass is 10.1. The summed E-state index contributed by atoms with van der Waals surface area (Å²) < 4.78 is 0. The maximum atomic E-state index is 11.9. The predicted octanol–water partition coefficient (Wildman–Crippen LogP) is 2.39. The molecule has 19 heavy (non-hydrogen) atoms. The van der Waals surface area contributed by atoms with Crippen LogP contribution in [0.5, 0.6) is 0 Å². The Morgan fingerprint density at radius 1 is 0.895 bits per heavy atom. The highest BCUT2D eigenvalue weighted by molar-refractivity contribution is 5.84. The van der Waals surface area contributed by atoms with E-state index in [0.717, 1.165) is 19.4 Å². The van der Waals surface area contributed by atoms with Gasteiger partial charge in [-0.1, -0.05) is 34.1 Å². The van der Waals surface area contributed by atoms with Gasteiger partial charge in [0.1, 0.15) is 0 Å². The van der Waals surface area contributed by atoms with Crippen molar-refractivity contribution in [2.24, 2.45) is 11.8 Å². The summed E-state index contributed by atoms with van der Waals surface area (Å²) in [4.78, 5) is 27.0. The van der Waals surface area contributed by atoms with E-state index in [0.29, 0.717) is 18.3 Å². The summed E-state index contributed by atoms with van der Waals surface area (Å²) in [6.45, 7) is 9.37. The zero-order valence-corrected chi connectivity index (χ0v) is 13.4. The van der Waals surface area contributed by atoms with E-state index in [9.17, 15) is 9.59 Å². The van der Waals surface area contributed by atoms with Crippen molar-refractivity contribution >= 4 is 11.8 Å². The first-order valence-corrected chi connectivity index (χ1v) is 7.22. The van der Waals surface area contributed by atoms with Crippen molar-refractivity contribution in [3.63, 3.8) is 0 Å². The van der Waals surface area contributed by atoms with Gasteiger partial charge in [-0.05, 0) is 18.3 Å². The van der Waals surface area contributed by atoms with Gasteiger partial charge in [0.2, 0.25) is 11.8 Å². The third-order valence-corrected chi connectivity index (χ3v) is 3.04. The van der Waals surface area contributed by atoms with Gasteiger partial charge in [-0.2, -0.15) is 0 Å². The fourth-order valence-electron chi connectivity index (χ4n) is 1.91. The van der Waals surface area contributed by atoms with E-state index in [4.69, 9.17) is 0 Å². The lowest BCUT2D eigenvalue weighted by Gasteiger charge is -2.23. The maximum absolute atomic E-state index is 11.9. The van der Waals surface area contributed by atoms with Gasteiger partial charge < -0.3 is 9.80 Å². The van der Waals surface area contributed by atoms with Gasteiger partial charge in [0.25, 0.3) is 0 Å². The summed E-state index contributed by atoms with van der Waals surface area (Å²) in [5.41, 5.74) is 0. The van der Waals surface area contributed by atoms with Crippen molar-refractivity contribution in [1.29, 1.82) is 0 Å². The van der Waals surface area contributed by atoms with Crippen LogP contribution in [0.25, 0.3) is 0 Å². The average Bonchev–Trinajstić information content (AvgIpc) is 2.27. The fourth-order valence-corrected chi connectivity index (χ4v) is 1.91. The van der Waals surface area contributed by atoms with Gasteiger partial charge in [0.15, 0.2) is 0 Å². The monoisotopic (exact) mass is 270 g/mol. The number of carbonyl (C=O) groups is 2. The van der Waals surface area contributed by atoms with Crippen LogP contribution in [0.2, 0.25) is 0 Å². The molecule has 0 atom stereocenters. The molecule has 0 aromatic rings. The minimum Gasteiger partial charge on any atom is -0.344 e. The number of nitrogens with zero attached hydrogens (tertiary/aromatic N) is 2. The standard InChI is InChI=1S/C15H30N2O2/c1-12(2)8-7-9-14(18)17(6)11-15(19)16(5)10-13(3)4/h12-13H,7-11H2,1-6H3. The Morgan fingerprint density at radius 3 is 1.95 bits per heavy atom. The molecule has 4 heteroatoms. The molecule has 0 saturated heterocycles. The zero-order valence-electron chi connectivity index (χ0n) is 13.4. The molecule has 0 fully saturated rings. The van der Waals surface area contributed by atoms with Crippen molar-refractivity contribution in [3.8, 4) is 0 Å². The van der Waals surface area contributed by atoms with Crippen molar-refractivity contribution in [2.45, 2.75) is 47.0 Å². The molecular weight excluding hydrogens is 240 g/mol. The van der Waals surface area contributed by atoms with Crippen LogP contribution in [-0.4, -0.2) is 48.8 Å². The summed E-state index contributed by atoms with van der Waals surface area (Å²) in [6.07, 6.45) is 2.49. The molecule has 4 nitrogen and oxygen atoms in total. The van der Waals surface area contributed by atoms with E-state index < -0.39 is 0 Å². The number of likely N-dealkylation sites (N-methyl/N-ethyl adjacent to an activating group) is 2. The normalized spacial score (nSPS) is 10.9. The SMILES string of the molecule is CC(C)CCCC(=O)N(C)CC(=O)N(C)CC(C)C. The Labute approximate surface area is 118 Å². The van der Waals surface area contributed by atoms with E-state index in [1.165, 1.54) is 0 Å². The summed E-state index contributed by atoms with van der Waals surface area (Å²) >= 11 is 0. The number of hydrogen-bond donors (Lipinski definition) is 0. The van der Waals surface area contributed by atoms with Crippen LogP contribution in [0.15, 0.2) is 0 Å². The van der Waals surface area contributed by atoms with Crippen LogP contribution in [0, 0.1) is 11.8 Å². The lowest BCUT2D eigenvalue weighted by Crippen LogP contribution is -2.40. The molecule has 0 aromatic heterocycles. The first kappa shape index (κ1) is 17.9. The predicted molar refractivity (Wildman–Crippen MR) is 78.8 cm³/mol. The molecule has 0 aliphatic heterocycles. The second kappa shape index (κ2) is 8.94. The van der Waals surface area contributed by atoms with Crippen LogP contribution in [0.4, 0.5) is 0 Å². The minimum atomic E-state index is 0.00779. The lowest BCUT2D eigenvalue weighted by molar-refractivity contribution is -0.139. The molecule has 0 spiro atoms. The fraction of sp³-hybridized carbons (Fsp3) is 0.867. The Kier molecular flexibility index (Phi) is 8.44. The third-order valence-electron chi connectivity index (χ3n) is 3.04. The van der Waals surface area contributed by atoms with Crippen LogP contribution < -0.4 is 0 Å². The molecule has 112 valence electrons. The first-order valence-electron chi connectivity index (χ1n) is 7.22. The van der Waals surface area contributed by atoms with E-state index in [1.807, 2.05) is 0 Å². The summed E-state index contributed by atoms with van der Waals surface area (Å²) in [5, 5.41) is 0. The molecule has 0 rings (SSSR count). The van der Waals surface area contributed by atoms with E-state index in [1.54, 1.807) is 23.9 Å². The maximum Gasteiger partial charge on any atom is 0.241 e. The molecule has 0 aromatic carbocycles. The minimum absolute atomic E-state index is 0.00779. The molecule has 0 aliphatic carbocycles. The molecule has 2 amide bonds. The smallest absolute Gasteiger partial charge is 0.241 e. The molecule has 0 radical (unpaired) electrons. The largest absolute Gasteiger partial charge is 0.344 e. The van der Waals surface area contributed by atoms with Gasteiger partial charge >= 0.3 is 0 Å². The van der Waals surface area contributed by atoms with Crippen molar-refractivity contribution in [1.82, 2.24) is 9.80 Å². The quantitative estimate of drug-likeness (QED) is 0.679. The van der Waals surface area contributed by atoms with Crippen LogP contribution in [0.3, 0.4) is 0 Å². The number of carbonyl (C=O) groups excluding carboxylic acids is 2. The summed E-state index contributed by atoms with van der Waals surface area (Å²) in [6, 6.07) is 0. The highest BCUT2D eigenvalue weighted by Gasteiger charge is 2.16. The Balaban J connectivity index is 4.03. The van der Waals surface area contributed by atoms with Gasteiger partial charge in [0.05, 0.1) is 6.54 Å². The highest BCUT2D eigenvalue weighted by atomic mass is 16.2.